The second-order valence-corrected chi connectivity index (χ2v) is 4.63. The van der Waals surface area contributed by atoms with Gasteiger partial charge in [-0.3, -0.25) is 0 Å². The van der Waals surface area contributed by atoms with Gasteiger partial charge in [0, 0.05) is 5.56 Å². The molecule has 1 N–H and O–H groups in total. The van der Waals surface area contributed by atoms with Crippen LogP contribution in [0.25, 0.3) is 0 Å². The molecule has 0 aromatic carbocycles. The van der Waals surface area contributed by atoms with E-state index >= 15 is 0 Å². The largest absolute Gasteiger partial charge is 0.433 e. The zero-order valence-corrected chi connectivity index (χ0v) is 9.65. The topological polar surface area (TPSA) is 33.1 Å². The van der Waals surface area contributed by atoms with Gasteiger partial charge in [-0.1, -0.05) is 30.5 Å². The van der Waals surface area contributed by atoms with E-state index in [2.05, 4.69) is 4.98 Å². The molecule has 2 rings (SSSR count). The van der Waals surface area contributed by atoms with Crippen LogP contribution in [-0.2, 0) is 11.8 Å². The summed E-state index contributed by atoms with van der Waals surface area (Å²) in [6.07, 6.45) is -1.80. The Morgan fingerprint density at radius 1 is 1.24 bits per heavy atom. The summed E-state index contributed by atoms with van der Waals surface area (Å²) in [5, 5.41) is 9.97. The number of pyridine rings is 1. The van der Waals surface area contributed by atoms with E-state index in [0.29, 0.717) is 18.4 Å². The maximum atomic E-state index is 12.4. The van der Waals surface area contributed by atoms with Gasteiger partial charge in [-0.25, -0.2) is 4.98 Å². The van der Waals surface area contributed by atoms with Crippen LogP contribution in [0.3, 0.4) is 0 Å². The van der Waals surface area contributed by atoms with Crippen LogP contribution >= 0.6 is 11.6 Å². The molecule has 0 spiro atoms. The predicted molar refractivity (Wildman–Crippen MR) is 56.6 cm³/mol. The third kappa shape index (κ3) is 2.40. The van der Waals surface area contributed by atoms with Crippen molar-refractivity contribution in [3.8, 4) is 0 Å². The second kappa shape index (κ2) is 4.14. The minimum absolute atomic E-state index is 0.260. The van der Waals surface area contributed by atoms with E-state index in [1.165, 1.54) is 6.07 Å². The number of halogens is 4. The van der Waals surface area contributed by atoms with Crippen molar-refractivity contribution in [1.29, 1.82) is 0 Å². The van der Waals surface area contributed by atoms with Gasteiger partial charge in [-0.2, -0.15) is 13.2 Å². The molecule has 1 aromatic heterocycles. The predicted octanol–water partition coefficient (Wildman–Crippen LogP) is 3.52. The van der Waals surface area contributed by atoms with Crippen LogP contribution in [0, 0.1) is 0 Å². The number of hydrogen-bond donors (Lipinski definition) is 1. The van der Waals surface area contributed by atoms with Crippen molar-refractivity contribution in [1.82, 2.24) is 4.98 Å². The zero-order valence-electron chi connectivity index (χ0n) is 8.89. The van der Waals surface area contributed by atoms with Gasteiger partial charge in [0.15, 0.2) is 0 Å². The Hall–Kier alpha value is -0.810. The maximum Gasteiger partial charge on any atom is 0.433 e. The van der Waals surface area contributed by atoms with Crippen molar-refractivity contribution in [3.63, 3.8) is 0 Å². The van der Waals surface area contributed by atoms with Crippen LogP contribution in [0.4, 0.5) is 13.2 Å². The Bertz CT molecular complexity index is 427. The third-order valence-electron chi connectivity index (χ3n) is 3.07. The molecule has 1 heterocycles. The number of alkyl halides is 3. The molecule has 94 valence electrons. The molecule has 1 aliphatic carbocycles. The molecule has 0 aliphatic heterocycles. The highest BCUT2D eigenvalue weighted by Crippen LogP contribution is 2.41. The molecule has 0 atom stereocenters. The fraction of sp³-hybridized carbons (Fsp3) is 0.545. The van der Waals surface area contributed by atoms with Crippen LogP contribution in [0.2, 0.25) is 5.15 Å². The summed E-state index contributed by atoms with van der Waals surface area (Å²) in [7, 11) is 0. The number of hydrogen-bond acceptors (Lipinski definition) is 2. The van der Waals surface area contributed by atoms with Crippen LogP contribution < -0.4 is 0 Å². The molecule has 0 bridgehead atoms. The quantitative estimate of drug-likeness (QED) is 0.788. The Kier molecular flexibility index (Phi) is 3.08. The Balaban J connectivity index is 2.38. The molecular weight excluding hydrogens is 255 g/mol. The number of aromatic nitrogens is 1. The van der Waals surface area contributed by atoms with Crippen LogP contribution in [0.15, 0.2) is 12.1 Å². The summed E-state index contributed by atoms with van der Waals surface area (Å²) in [5.41, 5.74) is -1.86. The lowest BCUT2D eigenvalue weighted by molar-refractivity contribution is -0.141. The van der Waals surface area contributed by atoms with E-state index in [9.17, 15) is 18.3 Å². The highest BCUT2D eigenvalue weighted by Gasteiger charge is 2.38. The summed E-state index contributed by atoms with van der Waals surface area (Å²) >= 11 is 5.73. The molecule has 1 aliphatic rings. The van der Waals surface area contributed by atoms with Gasteiger partial charge in [0.2, 0.25) is 0 Å². The molecule has 0 amide bonds. The normalized spacial score (nSPS) is 19.6. The Labute approximate surface area is 101 Å². The van der Waals surface area contributed by atoms with Gasteiger partial charge in [-0.05, 0) is 18.9 Å². The van der Waals surface area contributed by atoms with E-state index in [-0.39, 0.29) is 5.15 Å². The molecule has 1 saturated carbocycles. The van der Waals surface area contributed by atoms with E-state index in [0.717, 1.165) is 18.9 Å². The average molecular weight is 266 g/mol. The molecule has 0 saturated heterocycles. The van der Waals surface area contributed by atoms with Gasteiger partial charge in [-0.15, -0.1) is 0 Å². The molecule has 2 nitrogen and oxygen atoms in total. The highest BCUT2D eigenvalue weighted by molar-refractivity contribution is 6.30. The van der Waals surface area contributed by atoms with Crippen molar-refractivity contribution in [2.45, 2.75) is 37.5 Å². The SMILES string of the molecule is OC1(c2ccc(C(F)(F)F)nc2Cl)CCCC1. The Morgan fingerprint density at radius 3 is 2.29 bits per heavy atom. The first-order valence-corrected chi connectivity index (χ1v) is 5.67. The summed E-state index contributed by atoms with van der Waals surface area (Å²) < 4.78 is 37.2. The van der Waals surface area contributed by atoms with Crippen LogP contribution in [0.5, 0.6) is 0 Å². The zero-order chi connectivity index (χ0) is 12.7. The smallest absolute Gasteiger partial charge is 0.385 e. The van der Waals surface area contributed by atoms with Gasteiger partial charge in [0.25, 0.3) is 0 Å². The number of aliphatic hydroxyl groups is 1. The van der Waals surface area contributed by atoms with E-state index < -0.39 is 17.5 Å². The second-order valence-electron chi connectivity index (χ2n) is 4.27. The first-order chi connectivity index (χ1) is 7.83. The van der Waals surface area contributed by atoms with E-state index in [1.54, 1.807) is 0 Å². The molecule has 6 heteroatoms. The lowest BCUT2D eigenvalue weighted by Crippen LogP contribution is -2.22. The van der Waals surface area contributed by atoms with Crippen molar-refractivity contribution >= 4 is 11.6 Å². The van der Waals surface area contributed by atoms with Gasteiger partial charge >= 0.3 is 6.18 Å². The Morgan fingerprint density at radius 2 is 1.82 bits per heavy atom. The summed E-state index contributed by atoms with van der Waals surface area (Å²) in [5.74, 6) is 0. The fourth-order valence-electron chi connectivity index (χ4n) is 2.17. The molecule has 0 unspecified atom stereocenters. The first kappa shape index (κ1) is 12.6. The highest BCUT2D eigenvalue weighted by atomic mass is 35.5. The average Bonchev–Trinajstić information content (AvgIpc) is 2.64. The summed E-state index contributed by atoms with van der Waals surface area (Å²) in [6.45, 7) is 0. The van der Waals surface area contributed by atoms with Gasteiger partial charge in [0.05, 0.1) is 5.60 Å². The van der Waals surface area contributed by atoms with Gasteiger partial charge < -0.3 is 5.11 Å². The van der Waals surface area contributed by atoms with Crippen molar-refractivity contribution in [2.75, 3.05) is 0 Å². The number of rotatable bonds is 1. The molecule has 0 radical (unpaired) electrons. The minimum Gasteiger partial charge on any atom is -0.385 e. The summed E-state index contributed by atoms with van der Waals surface area (Å²) in [6, 6.07) is 2.08. The fourth-order valence-corrected chi connectivity index (χ4v) is 2.50. The van der Waals surface area contributed by atoms with Crippen LogP contribution in [0.1, 0.15) is 36.9 Å². The molecule has 1 fully saturated rings. The van der Waals surface area contributed by atoms with Crippen LogP contribution in [-0.4, -0.2) is 10.1 Å². The lowest BCUT2D eigenvalue weighted by atomic mass is 9.93. The first-order valence-electron chi connectivity index (χ1n) is 5.29. The summed E-state index contributed by atoms with van der Waals surface area (Å²) in [4.78, 5) is 3.31. The van der Waals surface area contributed by atoms with Crippen molar-refractivity contribution in [3.05, 3.63) is 28.5 Å². The molecule has 1 aromatic rings. The standard InChI is InChI=1S/C11H11ClF3NO/c12-9-7(10(17)5-1-2-6-10)3-4-8(16-9)11(13,14)15/h3-4,17H,1-2,5-6H2. The van der Waals surface area contributed by atoms with Crippen molar-refractivity contribution < 1.29 is 18.3 Å². The minimum atomic E-state index is -4.51. The maximum absolute atomic E-state index is 12.4. The molecular formula is C11H11ClF3NO. The third-order valence-corrected chi connectivity index (χ3v) is 3.36. The number of nitrogens with zero attached hydrogens (tertiary/aromatic N) is 1. The van der Waals surface area contributed by atoms with E-state index in [1.807, 2.05) is 0 Å². The molecule has 17 heavy (non-hydrogen) atoms. The van der Waals surface area contributed by atoms with Crippen molar-refractivity contribution in [2.24, 2.45) is 0 Å². The lowest BCUT2D eigenvalue weighted by Gasteiger charge is -2.23. The monoisotopic (exact) mass is 265 g/mol. The van der Waals surface area contributed by atoms with Gasteiger partial charge in [0.1, 0.15) is 10.8 Å². The van der Waals surface area contributed by atoms with E-state index in [4.69, 9.17) is 11.6 Å².